The van der Waals surface area contributed by atoms with Crippen molar-refractivity contribution in [1.82, 2.24) is 0 Å². The molecule has 20 heavy (non-hydrogen) atoms. The van der Waals surface area contributed by atoms with Crippen LogP contribution in [-0.4, -0.2) is 6.54 Å². The lowest BCUT2D eigenvalue weighted by Crippen LogP contribution is -2.22. The average Bonchev–Trinajstić information content (AvgIpc) is 2.42. The third kappa shape index (κ3) is 3.26. The minimum Gasteiger partial charge on any atom is -0.376 e. The number of hydrogen-bond acceptors (Lipinski definition) is 2. The van der Waals surface area contributed by atoms with Crippen molar-refractivity contribution >= 4 is 17.3 Å². The highest BCUT2D eigenvalue weighted by Crippen LogP contribution is 2.28. The fourth-order valence-corrected chi connectivity index (χ4v) is 2.22. The highest BCUT2D eigenvalue weighted by atomic mass is 35.5. The summed E-state index contributed by atoms with van der Waals surface area (Å²) in [7, 11) is 0. The number of aryl methyl sites for hydroxylation is 1. The zero-order valence-electron chi connectivity index (χ0n) is 11.0. The lowest BCUT2D eigenvalue weighted by molar-refractivity contribution is 0.620. The van der Waals surface area contributed by atoms with Crippen molar-refractivity contribution in [3.05, 3.63) is 64.2 Å². The number of halogens is 3. The Morgan fingerprint density at radius 3 is 2.50 bits per heavy atom. The van der Waals surface area contributed by atoms with Crippen LogP contribution in [0.15, 0.2) is 36.4 Å². The first kappa shape index (κ1) is 14.8. The monoisotopic (exact) mass is 296 g/mol. The molecule has 5 heteroatoms. The first-order chi connectivity index (χ1) is 9.51. The molecular formula is C15H15ClF2N2. The average molecular weight is 297 g/mol. The van der Waals surface area contributed by atoms with E-state index in [9.17, 15) is 8.78 Å². The maximum absolute atomic E-state index is 13.4. The van der Waals surface area contributed by atoms with Crippen LogP contribution in [-0.2, 0) is 0 Å². The molecule has 2 rings (SSSR count). The van der Waals surface area contributed by atoms with Crippen molar-refractivity contribution in [2.45, 2.75) is 13.0 Å². The second-order valence-corrected chi connectivity index (χ2v) is 4.96. The topological polar surface area (TPSA) is 38.0 Å². The smallest absolute Gasteiger partial charge is 0.125 e. The van der Waals surface area contributed by atoms with Gasteiger partial charge in [-0.2, -0.15) is 0 Å². The predicted molar refractivity (Wildman–Crippen MR) is 78.0 cm³/mol. The van der Waals surface area contributed by atoms with Gasteiger partial charge in [0.1, 0.15) is 11.6 Å². The molecule has 0 amide bonds. The van der Waals surface area contributed by atoms with Gasteiger partial charge in [0.2, 0.25) is 0 Å². The van der Waals surface area contributed by atoms with Crippen LogP contribution in [0.5, 0.6) is 0 Å². The van der Waals surface area contributed by atoms with Gasteiger partial charge in [-0.15, -0.1) is 0 Å². The standard InChI is InChI=1S/C15H15ClF2N2/c1-9-2-3-10(17)6-12(9)15(8-19)20-14-7-11(18)4-5-13(14)16/h2-7,15,20H,8,19H2,1H3. The van der Waals surface area contributed by atoms with Crippen molar-refractivity contribution in [3.8, 4) is 0 Å². The maximum Gasteiger partial charge on any atom is 0.125 e. The van der Waals surface area contributed by atoms with E-state index in [2.05, 4.69) is 5.32 Å². The van der Waals surface area contributed by atoms with E-state index in [1.165, 1.54) is 30.3 Å². The summed E-state index contributed by atoms with van der Waals surface area (Å²) < 4.78 is 26.6. The number of anilines is 1. The Labute approximate surface area is 121 Å². The van der Waals surface area contributed by atoms with E-state index in [1.807, 2.05) is 6.92 Å². The Balaban J connectivity index is 2.33. The van der Waals surface area contributed by atoms with Gasteiger partial charge in [-0.25, -0.2) is 8.78 Å². The second kappa shape index (κ2) is 6.20. The molecule has 106 valence electrons. The summed E-state index contributed by atoms with van der Waals surface area (Å²) in [6.07, 6.45) is 0. The second-order valence-electron chi connectivity index (χ2n) is 4.56. The molecule has 1 atom stereocenters. The SMILES string of the molecule is Cc1ccc(F)cc1C(CN)Nc1cc(F)ccc1Cl. The van der Waals surface area contributed by atoms with E-state index >= 15 is 0 Å². The molecular weight excluding hydrogens is 282 g/mol. The quantitative estimate of drug-likeness (QED) is 0.893. The molecule has 0 fully saturated rings. The largest absolute Gasteiger partial charge is 0.376 e. The summed E-state index contributed by atoms with van der Waals surface area (Å²) in [5, 5.41) is 3.45. The highest BCUT2D eigenvalue weighted by molar-refractivity contribution is 6.33. The van der Waals surface area contributed by atoms with Gasteiger partial charge in [-0.3, -0.25) is 0 Å². The normalized spacial score (nSPS) is 12.2. The van der Waals surface area contributed by atoms with Crippen LogP contribution in [0.25, 0.3) is 0 Å². The van der Waals surface area contributed by atoms with Crippen LogP contribution < -0.4 is 11.1 Å². The molecule has 0 aromatic heterocycles. The lowest BCUT2D eigenvalue weighted by atomic mass is 10.0. The van der Waals surface area contributed by atoms with Gasteiger partial charge >= 0.3 is 0 Å². The van der Waals surface area contributed by atoms with Crippen LogP contribution in [0.4, 0.5) is 14.5 Å². The summed E-state index contributed by atoms with van der Waals surface area (Å²) in [6, 6.07) is 8.19. The van der Waals surface area contributed by atoms with Crippen LogP contribution in [0.1, 0.15) is 17.2 Å². The third-order valence-electron chi connectivity index (χ3n) is 3.11. The Kier molecular flexibility index (Phi) is 4.57. The fourth-order valence-electron chi connectivity index (χ4n) is 2.05. The lowest BCUT2D eigenvalue weighted by Gasteiger charge is -2.21. The van der Waals surface area contributed by atoms with Gasteiger partial charge < -0.3 is 11.1 Å². The molecule has 2 aromatic carbocycles. The number of benzene rings is 2. The van der Waals surface area contributed by atoms with Gasteiger partial charge in [0.15, 0.2) is 0 Å². The Morgan fingerprint density at radius 1 is 1.15 bits per heavy atom. The van der Waals surface area contributed by atoms with Gasteiger partial charge in [0.05, 0.1) is 16.8 Å². The first-order valence-corrected chi connectivity index (χ1v) is 6.56. The fraction of sp³-hybridized carbons (Fsp3) is 0.200. The number of nitrogens with two attached hydrogens (primary N) is 1. The molecule has 0 aliphatic rings. The first-order valence-electron chi connectivity index (χ1n) is 6.19. The van der Waals surface area contributed by atoms with E-state index in [0.717, 1.165) is 11.1 Å². The number of nitrogens with one attached hydrogen (secondary N) is 1. The van der Waals surface area contributed by atoms with E-state index < -0.39 is 5.82 Å². The zero-order chi connectivity index (χ0) is 14.7. The Morgan fingerprint density at radius 2 is 1.80 bits per heavy atom. The van der Waals surface area contributed by atoms with Crippen molar-refractivity contribution < 1.29 is 8.78 Å². The molecule has 1 unspecified atom stereocenters. The molecule has 0 bridgehead atoms. The van der Waals surface area contributed by atoms with E-state index in [4.69, 9.17) is 17.3 Å². The molecule has 0 aliphatic heterocycles. The molecule has 0 radical (unpaired) electrons. The molecule has 0 heterocycles. The van der Waals surface area contributed by atoms with E-state index in [0.29, 0.717) is 10.7 Å². The highest BCUT2D eigenvalue weighted by Gasteiger charge is 2.14. The molecule has 0 saturated carbocycles. The molecule has 0 aliphatic carbocycles. The minimum atomic E-state index is -0.399. The third-order valence-corrected chi connectivity index (χ3v) is 3.44. The number of hydrogen-bond donors (Lipinski definition) is 2. The van der Waals surface area contributed by atoms with E-state index in [-0.39, 0.29) is 18.4 Å². The maximum atomic E-state index is 13.4. The van der Waals surface area contributed by atoms with Gasteiger partial charge in [0, 0.05) is 6.54 Å². The summed E-state index contributed by atoms with van der Waals surface area (Å²) in [4.78, 5) is 0. The van der Waals surface area contributed by atoms with Crippen LogP contribution in [0, 0.1) is 18.6 Å². The van der Waals surface area contributed by atoms with Crippen molar-refractivity contribution in [2.75, 3.05) is 11.9 Å². The Hall–Kier alpha value is -1.65. The summed E-state index contributed by atoms with van der Waals surface area (Å²) in [6.45, 7) is 2.10. The van der Waals surface area contributed by atoms with Gasteiger partial charge in [0.25, 0.3) is 0 Å². The predicted octanol–water partition coefficient (Wildman–Crippen LogP) is 4.04. The number of rotatable bonds is 4. The molecule has 2 nitrogen and oxygen atoms in total. The van der Waals surface area contributed by atoms with Gasteiger partial charge in [-0.1, -0.05) is 17.7 Å². The van der Waals surface area contributed by atoms with E-state index in [1.54, 1.807) is 6.07 Å². The van der Waals surface area contributed by atoms with Crippen molar-refractivity contribution in [1.29, 1.82) is 0 Å². The summed E-state index contributed by atoms with van der Waals surface area (Å²) >= 11 is 6.01. The molecule has 0 spiro atoms. The summed E-state index contributed by atoms with van der Waals surface area (Å²) in [5.74, 6) is -0.736. The molecule has 2 aromatic rings. The molecule has 0 saturated heterocycles. The van der Waals surface area contributed by atoms with Crippen molar-refractivity contribution in [3.63, 3.8) is 0 Å². The summed E-state index contributed by atoms with van der Waals surface area (Å²) in [5.41, 5.74) is 7.81. The van der Waals surface area contributed by atoms with Crippen LogP contribution in [0.3, 0.4) is 0 Å². The van der Waals surface area contributed by atoms with Crippen LogP contribution >= 0.6 is 11.6 Å². The zero-order valence-corrected chi connectivity index (χ0v) is 11.7. The minimum absolute atomic E-state index is 0.233. The van der Waals surface area contributed by atoms with Crippen LogP contribution in [0.2, 0.25) is 5.02 Å². The van der Waals surface area contributed by atoms with Crippen molar-refractivity contribution in [2.24, 2.45) is 5.73 Å². The Bertz CT molecular complexity index is 617. The molecule has 3 N–H and O–H groups in total. The van der Waals surface area contributed by atoms with Gasteiger partial charge in [-0.05, 0) is 48.4 Å².